The molecule has 1 aromatic rings. The van der Waals surface area contributed by atoms with Crippen LogP contribution in [0.5, 0.6) is 0 Å². The minimum Gasteiger partial charge on any atom is -0.372 e. The summed E-state index contributed by atoms with van der Waals surface area (Å²) in [4.78, 5) is 14.3. The zero-order chi connectivity index (χ0) is 21.6. The Labute approximate surface area is 176 Å². The number of unbranched alkanes of at least 4 members (excludes halogenated alkanes) is 2. The molecule has 1 aliphatic heterocycles. The van der Waals surface area contributed by atoms with Crippen molar-refractivity contribution in [2.24, 2.45) is 0 Å². The van der Waals surface area contributed by atoms with Crippen LogP contribution < -0.4 is 4.90 Å². The maximum atomic E-state index is 11.9. The monoisotopic (exact) mass is 423 g/mol. The Morgan fingerprint density at radius 2 is 1.79 bits per heavy atom. The summed E-state index contributed by atoms with van der Waals surface area (Å²) in [5.41, 5.74) is 3.90. The average Bonchev–Trinajstić information content (AvgIpc) is 2.61. The molecule has 1 saturated heterocycles. The Bertz CT molecular complexity index is 778. The predicted molar refractivity (Wildman–Crippen MR) is 120 cm³/mol. The van der Waals surface area contributed by atoms with Crippen molar-refractivity contribution in [2.75, 3.05) is 23.7 Å². The van der Waals surface area contributed by atoms with E-state index in [9.17, 15) is 13.2 Å². The fourth-order valence-electron chi connectivity index (χ4n) is 3.82. The molecule has 2 rings (SSSR count). The van der Waals surface area contributed by atoms with Gasteiger partial charge in [0.15, 0.2) is 9.84 Å². The van der Waals surface area contributed by atoms with Crippen LogP contribution in [0.4, 0.5) is 5.69 Å². The van der Waals surface area contributed by atoms with Crippen molar-refractivity contribution in [2.45, 2.75) is 84.2 Å². The summed E-state index contributed by atoms with van der Waals surface area (Å²) in [7, 11) is -3.27. The van der Waals surface area contributed by atoms with Gasteiger partial charge >= 0.3 is 0 Å². The summed E-state index contributed by atoms with van der Waals surface area (Å²) in [6.07, 6.45) is 4.54. The van der Waals surface area contributed by atoms with Gasteiger partial charge in [-0.05, 0) is 77.1 Å². The summed E-state index contributed by atoms with van der Waals surface area (Å²) >= 11 is 0. The Balaban J connectivity index is 1.76. The molecule has 0 radical (unpaired) electrons. The van der Waals surface area contributed by atoms with Crippen molar-refractivity contribution in [3.63, 3.8) is 0 Å². The summed E-state index contributed by atoms with van der Waals surface area (Å²) in [6, 6.07) is 6.68. The van der Waals surface area contributed by atoms with Gasteiger partial charge in [0.2, 0.25) is 0 Å². The number of ether oxygens (including phenoxy) is 1. The molecular formula is C23H37NO4S. The van der Waals surface area contributed by atoms with Gasteiger partial charge in [0.05, 0.1) is 17.5 Å². The lowest BCUT2D eigenvalue weighted by Gasteiger charge is -2.37. The Kier molecular flexibility index (Phi) is 8.71. The van der Waals surface area contributed by atoms with Crippen LogP contribution in [0.1, 0.15) is 64.5 Å². The second-order valence-corrected chi connectivity index (χ2v) is 11.3. The molecule has 1 heterocycles. The highest BCUT2D eigenvalue weighted by molar-refractivity contribution is 7.92. The number of ketones is 1. The van der Waals surface area contributed by atoms with Crippen LogP contribution >= 0.6 is 0 Å². The fraction of sp³-hybridized carbons (Fsp3) is 0.696. The maximum absolute atomic E-state index is 11.9. The first-order valence-electron chi connectivity index (χ1n) is 10.8. The van der Waals surface area contributed by atoms with Gasteiger partial charge in [0, 0.05) is 25.2 Å². The van der Waals surface area contributed by atoms with Crippen molar-refractivity contribution >= 4 is 21.3 Å². The molecule has 164 valence electrons. The van der Waals surface area contributed by atoms with Crippen molar-refractivity contribution in [1.29, 1.82) is 0 Å². The Morgan fingerprint density at radius 1 is 1.14 bits per heavy atom. The predicted octanol–water partition coefficient (Wildman–Crippen LogP) is 4.10. The molecule has 1 aromatic carbocycles. The van der Waals surface area contributed by atoms with E-state index in [1.54, 1.807) is 13.8 Å². The molecule has 0 aliphatic carbocycles. The average molecular weight is 424 g/mol. The standard InChI is InChI=1S/C23H37NO4S/c1-17(2)29(26,27)16-23(25)10-8-6-7-9-21-11-12-22(13-18(21)3)24-14-19(4)28-20(5)15-24/h11-13,17,19-20H,6-10,14-16H2,1-5H3/t19-,20+. The quantitative estimate of drug-likeness (QED) is 0.530. The minimum absolute atomic E-state index is 0.159. The first-order valence-corrected chi connectivity index (χ1v) is 12.5. The van der Waals surface area contributed by atoms with E-state index in [4.69, 9.17) is 4.74 Å². The van der Waals surface area contributed by atoms with Crippen LogP contribution in [0.25, 0.3) is 0 Å². The third kappa shape index (κ3) is 7.41. The summed E-state index contributed by atoms with van der Waals surface area (Å²) in [6.45, 7) is 11.5. The molecule has 0 amide bonds. The van der Waals surface area contributed by atoms with Gasteiger partial charge in [-0.2, -0.15) is 0 Å². The van der Waals surface area contributed by atoms with Gasteiger partial charge in [0.1, 0.15) is 11.5 Å². The van der Waals surface area contributed by atoms with Crippen LogP contribution in [0, 0.1) is 6.92 Å². The van der Waals surface area contributed by atoms with E-state index < -0.39 is 15.1 Å². The summed E-state index contributed by atoms with van der Waals surface area (Å²) in [5, 5.41) is -0.485. The maximum Gasteiger partial charge on any atom is 0.159 e. The van der Waals surface area contributed by atoms with Gasteiger partial charge in [-0.25, -0.2) is 8.42 Å². The smallest absolute Gasteiger partial charge is 0.159 e. The molecule has 0 aromatic heterocycles. The third-order valence-electron chi connectivity index (χ3n) is 5.59. The van der Waals surface area contributed by atoms with Crippen LogP contribution in [0.3, 0.4) is 0 Å². The van der Waals surface area contributed by atoms with Crippen molar-refractivity contribution < 1.29 is 17.9 Å². The van der Waals surface area contributed by atoms with Crippen molar-refractivity contribution in [1.82, 2.24) is 0 Å². The van der Waals surface area contributed by atoms with Gasteiger partial charge in [0.25, 0.3) is 0 Å². The van der Waals surface area contributed by atoms with E-state index in [1.165, 1.54) is 16.8 Å². The highest BCUT2D eigenvalue weighted by atomic mass is 32.2. The fourth-order valence-corrected chi connectivity index (χ4v) is 4.75. The van der Waals surface area contributed by atoms with Crippen LogP contribution in [-0.2, 0) is 25.8 Å². The van der Waals surface area contributed by atoms with Crippen molar-refractivity contribution in [3.05, 3.63) is 29.3 Å². The number of anilines is 1. The molecule has 29 heavy (non-hydrogen) atoms. The number of sulfone groups is 1. The molecule has 0 N–H and O–H groups in total. The zero-order valence-electron chi connectivity index (χ0n) is 18.6. The Hall–Kier alpha value is -1.40. The van der Waals surface area contributed by atoms with Gasteiger partial charge in [-0.3, -0.25) is 4.79 Å². The molecule has 1 aliphatic rings. The number of aryl methyl sites for hydroxylation is 2. The molecule has 0 spiro atoms. The number of carbonyl (C=O) groups is 1. The van der Waals surface area contributed by atoms with Gasteiger partial charge < -0.3 is 9.64 Å². The number of Topliss-reactive ketones (excluding diaryl/α,β-unsaturated/α-hetero) is 1. The first kappa shape index (κ1) is 23.9. The molecule has 0 unspecified atom stereocenters. The second-order valence-electron chi connectivity index (χ2n) is 8.73. The number of hydrogen-bond donors (Lipinski definition) is 0. The number of morpholine rings is 1. The van der Waals surface area contributed by atoms with Gasteiger partial charge in [-0.1, -0.05) is 12.5 Å². The van der Waals surface area contributed by atoms with E-state index in [1.807, 2.05) is 0 Å². The number of carbonyl (C=O) groups excluding carboxylic acids is 1. The molecule has 0 bridgehead atoms. The second kappa shape index (κ2) is 10.6. The van der Waals surface area contributed by atoms with E-state index in [-0.39, 0.29) is 23.7 Å². The lowest BCUT2D eigenvalue weighted by atomic mass is 10.00. The number of hydrogen-bond acceptors (Lipinski definition) is 5. The zero-order valence-corrected chi connectivity index (χ0v) is 19.4. The Morgan fingerprint density at radius 3 is 2.38 bits per heavy atom. The molecular weight excluding hydrogens is 386 g/mol. The highest BCUT2D eigenvalue weighted by Crippen LogP contribution is 2.24. The SMILES string of the molecule is Cc1cc(N2C[C@@H](C)O[C@@H](C)C2)ccc1CCCCCC(=O)CS(=O)(=O)C(C)C. The lowest BCUT2D eigenvalue weighted by molar-refractivity contribution is -0.116. The van der Waals surface area contributed by atoms with E-state index >= 15 is 0 Å². The molecule has 2 atom stereocenters. The highest BCUT2D eigenvalue weighted by Gasteiger charge is 2.23. The topological polar surface area (TPSA) is 63.7 Å². The lowest BCUT2D eigenvalue weighted by Crippen LogP contribution is -2.45. The van der Waals surface area contributed by atoms with Crippen LogP contribution in [0.15, 0.2) is 18.2 Å². The summed E-state index contributed by atoms with van der Waals surface area (Å²) < 4.78 is 29.4. The number of rotatable bonds is 10. The first-order chi connectivity index (χ1) is 13.6. The largest absolute Gasteiger partial charge is 0.372 e. The number of benzene rings is 1. The number of nitrogens with zero attached hydrogens (tertiary/aromatic N) is 1. The molecule has 1 fully saturated rings. The third-order valence-corrected chi connectivity index (χ3v) is 7.75. The van der Waals surface area contributed by atoms with E-state index in [0.717, 1.165) is 38.8 Å². The molecule has 0 saturated carbocycles. The molecule has 6 heteroatoms. The summed E-state index contributed by atoms with van der Waals surface area (Å²) in [5.74, 6) is -0.475. The normalized spacial score (nSPS) is 20.3. The molecule has 5 nitrogen and oxygen atoms in total. The minimum atomic E-state index is -3.27. The van der Waals surface area contributed by atoms with E-state index in [2.05, 4.69) is 43.9 Å². The van der Waals surface area contributed by atoms with Crippen molar-refractivity contribution in [3.8, 4) is 0 Å². The van der Waals surface area contributed by atoms with Crippen LogP contribution in [0.2, 0.25) is 0 Å². The van der Waals surface area contributed by atoms with Gasteiger partial charge in [-0.15, -0.1) is 0 Å². The van der Waals surface area contributed by atoms with E-state index in [0.29, 0.717) is 6.42 Å². The van der Waals surface area contributed by atoms with Crippen LogP contribution in [-0.4, -0.2) is 50.5 Å².